The van der Waals surface area contributed by atoms with Crippen molar-refractivity contribution in [2.75, 3.05) is 18.9 Å². The van der Waals surface area contributed by atoms with E-state index in [4.69, 9.17) is 10.2 Å². The molecule has 0 atom stereocenters. The highest BCUT2D eigenvalue weighted by Gasteiger charge is 2.38. The van der Waals surface area contributed by atoms with Gasteiger partial charge in [-0.05, 0) is 79.4 Å². The van der Waals surface area contributed by atoms with Crippen molar-refractivity contribution in [3.05, 3.63) is 29.3 Å². The lowest BCUT2D eigenvalue weighted by molar-refractivity contribution is 0.103. The van der Waals surface area contributed by atoms with Crippen molar-refractivity contribution < 1.29 is 4.43 Å². The zero-order chi connectivity index (χ0) is 18.9. The van der Waals surface area contributed by atoms with Gasteiger partial charge in [-0.2, -0.15) is 0 Å². The highest BCUT2D eigenvalue weighted by molar-refractivity contribution is 6.74. The smallest absolute Gasteiger partial charge is 0.191 e. The Labute approximate surface area is 161 Å². The molecule has 0 bridgehead atoms. The van der Waals surface area contributed by atoms with E-state index in [9.17, 15) is 0 Å². The zero-order valence-corrected chi connectivity index (χ0v) is 18.5. The molecule has 3 nitrogen and oxygen atoms in total. The van der Waals surface area contributed by atoms with Gasteiger partial charge in [0.2, 0.25) is 0 Å². The number of hydrogen-bond acceptors (Lipinski definition) is 3. The molecule has 0 saturated heterocycles. The van der Waals surface area contributed by atoms with Crippen LogP contribution in [0.5, 0.6) is 0 Å². The third-order valence-corrected chi connectivity index (χ3v) is 11.6. The number of nitrogens with zero attached hydrogens (tertiary/aromatic N) is 1. The molecule has 1 aliphatic heterocycles. The van der Waals surface area contributed by atoms with E-state index in [1.807, 2.05) is 0 Å². The fourth-order valence-corrected chi connectivity index (χ4v) is 5.21. The van der Waals surface area contributed by atoms with E-state index in [2.05, 4.69) is 57.0 Å². The fourth-order valence-electron chi connectivity index (χ4n) is 4.13. The molecule has 2 aliphatic rings. The predicted octanol–water partition coefficient (Wildman–Crippen LogP) is 5.21. The summed E-state index contributed by atoms with van der Waals surface area (Å²) in [5.41, 5.74) is 9.78. The van der Waals surface area contributed by atoms with E-state index in [0.717, 1.165) is 37.2 Å². The number of nitrogens with two attached hydrogens (primary N) is 1. The molecule has 4 heteroatoms. The number of fused-ring (bicyclic) bond motifs is 1. The van der Waals surface area contributed by atoms with E-state index in [0.29, 0.717) is 5.04 Å². The van der Waals surface area contributed by atoms with Crippen LogP contribution in [0.15, 0.2) is 18.2 Å². The Balaban J connectivity index is 1.48. The molecular formula is C22H38N2OSi. The summed E-state index contributed by atoms with van der Waals surface area (Å²) in [6.45, 7) is 15.0. The lowest BCUT2D eigenvalue weighted by Gasteiger charge is -2.41. The van der Waals surface area contributed by atoms with Crippen LogP contribution in [0.3, 0.4) is 0 Å². The maximum absolute atomic E-state index is 6.49. The van der Waals surface area contributed by atoms with Crippen LogP contribution >= 0.6 is 0 Å². The summed E-state index contributed by atoms with van der Waals surface area (Å²) in [4.78, 5) is 2.71. The molecule has 1 heterocycles. The van der Waals surface area contributed by atoms with Crippen LogP contribution < -0.4 is 5.73 Å². The Kier molecular flexibility index (Phi) is 5.85. The van der Waals surface area contributed by atoms with Crippen molar-refractivity contribution in [3.63, 3.8) is 0 Å². The maximum Gasteiger partial charge on any atom is 0.191 e. The average molecular weight is 375 g/mol. The van der Waals surface area contributed by atoms with Crippen LogP contribution in [-0.4, -0.2) is 32.4 Å². The summed E-state index contributed by atoms with van der Waals surface area (Å²) in [5.74, 6) is 0.761. The van der Waals surface area contributed by atoms with Crippen molar-refractivity contribution in [1.82, 2.24) is 4.90 Å². The average Bonchev–Trinajstić information content (AvgIpc) is 2.59. The molecule has 1 aliphatic carbocycles. The Hall–Kier alpha value is -0.843. The van der Waals surface area contributed by atoms with Gasteiger partial charge >= 0.3 is 0 Å². The van der Waals surface area contributed by atoms with Crippen LogP contribution in [0.4, 0.5) is 5.69 Å². The highest BCUT2D eigenvalue weighted by Crippen LogP contribution is 2.38. The molecular weight excluding hydrogens is 336 g/mol. The van der Waals surface area contributed by atoms with Gasteiger partial charge in [0.05, 0.1) is 0 Å². The van der Waals surface area contributed by atoms with Crippen molar-refractivity contribution in [2.45, 2.75) is 83.6 Å². The van der Waals surface area contributed by atoms with E-state index < -0.39 is 8.32 Å². The molecule has 1 fully saturated rings. The number of anilines is 1. The molecule has 1 aromatic carbocycles. The number of nitrogen functional groups attached to an aromatic ring is 1. The maximum atomic E-state index is 6.49. The predicted molar refractivity (Wildman–Crippen MR) is 114 cm³/mol. The first-order valence-corrected chi connectivity index (χ1v) is 13.3. The summed E-state index contributed by atoms with van der Waals surface area (Å²) in [6, 6.07) is 7.21. The standard InChI is InChI=1S/C22H38N2OSi/c1-22(2,3)26(4,5)25-16-17-6-10-21(11-7-17)24-13-12-18-14-20(23)9-8-19(18)15-24/h8-9,14,17,21H,6-7,10-13,15-16,23H2,1-5H3. The third-order valence-electron chi connectivity index (χ3n) is 7.09. The Bertz CT molecular complexity index is 615. The van der Waals surface area contributed by atoms with Gasteiger partial charge in [-0.3, -0.25) is 4.90 Å². The quantitative estimate of drug-likeness (QED) is 0.581. The monoisotopic (exact) mass is 374 g/mol. The largest absolute Gasteiger partial charge is 0.417 e. The number of benzene rings is 1. The molecule has 1 saturated carbocycles. The van der Waals surface area contributed by atoms with Gasteiger partial charge in [-0.25, -0.2) is 0 Å². The number of rotatable bonds is 4. The first kappa shape index (κ1) is 19.9. The highest BCUT2D eigenvalue weighted by atomic mass is 28.4. The molecule has 0 radical (unpaired) electrons. The van der Waals surface area contributed by atoms with Crippen LogP contribution in [0.25, 0.3) is 0 Å². The molecule has 0 aromatic heterocycles. The van der Waals surface area contributed by atoms with E-state index in [1.54, 1.807) is 0 Å². The van der Waals surface area contributed by atoms with Gasteiger partial charge in [0.25, 0.3) is 0 Å². The van der Waals surface area contributed by atoms with Crippen LogP contribution in [0, 0.1) is 5.92 Å². The molecule has 146 valence electrons. The fraction of sp³-hybridized carbons (Fsp3) is 0.727. The summed E-state index contributed by atoms with van der Waals surface area (Å²) in [5, 5.41) is 0.314. The van der Waals surface area contributed by atoms with Crippen molar-refractivity contribution in [2.24, 2.45) is 5.92 Å². The Morgan fingerprint density at radius 3 is 2.46 bits per heavy atom. The Morgan fingerprint density at radius 2 is 1.81 bits per heavy atom. The summed E-state index contributed by atoms with van der Waals surface area (Å²) >= 11 is 0. The molecule has 2 N–H and O–H groups in total. The minimum atomic E-state index is -1.60. The van der Waals surface area contributed by atoms with Gasteiger partial charge in [0.1, 0.15) is 0 Å². The van der Waals surface area contributed by atoms with Crippen LogP contribution in [0.1, 0.15) is 57.6 Å². The molecule has 3 rings (SSSR count). The van der Waals surface area contributed by atoms with E-state index >= 15 is 0 Å². The van der Waals surface area contributed by atoms with Gasteiger partial charge in [-0.15, -0.1) is 0 Å². The van der Waals surface area contributed by atoms with Crippen molar-refractivity contribution >= 4 is 14.0 Å². The van der Waals surface area contributed by atoms with Crippen LogP contribution in [0.2, 0.25) is 18.1 Å². The molecule has 0 unspecified atom stereocenters. The minimum absolute atomic E-state index is 0.314. The van der Waals surface area contributed by atoms with Crippen LogP contribution in [-0.2, 0) is 17.4 Å². The third kappa shape index (κ3) is 4.52. The molecule has 0 spiro atoms. The topological polar surface area (TPSA) is 38.5 Å². The minimum Gasteiger partial charge on any atom is -0.417 e. The van der Waals surface area contributed by atoms with Crippen molar-refractivity contribution in [3.8, 4) is 0 Å². The SMILES string of the molecule is CC(C)(C)[Si](C)(C)OCC1CCC(N2CCc3cc(N)ccc3C2)CC1. The van der Waals surface area contributed by atoms with Gasteiger partial charge in [0.15, 0.2) is 8.32 Å². The lowest BCUT2D eigenvalue weighted by atomic mass is 9.84. The van der Waals surface area contributed by atoms with E-state index in [-0.39, 0.29) is 0 Å². The van der Waals surface area contributed by atoms with Gasteiger partial charge < -0.3 is 10.2 Å². The second-order valence-corrected chi connectivity index (χ2v) is 14.8. The Morgan fingerprint density at radius 1 is 1.12 bits per heavy atom. The second-order valence-electron chi connectivity index (χ2n) is 9.99. The van der Waals surface area contributed by atoms with E-state index in [1.165, 1.54) is 43.4 Å². The van der Waals surface area contributed by atoms with Gasteiger partial charge in [0, 0.05) is 31.4 Å². The summed E-state index contributed by atoms with van der Waals surface area (Å²) < 4.78 is 6.49. The summed E-state index contributed by atoms with van der Waals surface area (Å²) in [7, 11) is -1.60. The molecule has 26 heavy (non-hydrogen) atoms. The summed E-state index contributed by atoms with van der Waals surface area (Å²) in [6.07, 6.45) is 6.45. The van der Waals surface area contributed by atoms with Gasteiger partial charge in [-0.1, -0.05) is 26.8 Å². The zero-order valence-electron chi connectivity index (χ0n) is 17.5. The van der Waals surface area contributed by atoms with Crippen molar-refractivity contribution in [1.29, 1.82) is 0 Å². The normalized spacial score (nSPS) is 25.1. The first-order chi connectivity index (χ1) is 12.2. The molecule has 1 aromatic rings. The first-order valence-electron chi connectivity index (χ1n) is 10.4. The lowest BCUT2D eigenvalue weighted by Crippen LogP contribution is -2.44. The number of hydrogen-bond donors (Lipinski definition) is 1. The second kappa shape index (κ2) is 7.65. The molecule has 0 amide bonds.